The molecule has 3 aromatic rings. The van der Waals surface area contributed by atoms with Crippen LogP contribution in [0.3, 0.4) is 0 Å². The van der Waals surface area contributed by atoms with Crippen LogP contribution in [0.1, 0.15) is 54.6 Å². The molecule has 5 heteroatoms. The quantitative estimate of drug-likeness (QED) is 0.478. The number of fused-ring (bicyclic) bond motifs is 2. The normalized spacial score (nSPS) is 17.9. The molecule has 1 aliphatic rings. The van der Waals surface area contributed by atoms with E-state index in [1.54, 1.807) is 18.3 Å². The van der Waals surface area contributed by atoms with Gasteiger partial charge in [0.25, 0.3) is 5.91 Å². The van der Waals surface area contributed by atoms with Gasteiger partial charge in [0.05, 0.1) is 11.8 Å². The van der Waals surface area contributed by atoms with E-state index in [0.29, 0.717) is 5.92 Å². The molecule has 0 aromatic heterocycles. The van der Waals surface area contributed by atoms with Gasteiger partial charge in [-0.1, -0.05) is 37.3 Å². The van der Waals surface area contributed by atoms with Crippen molar-refractivity contribution in [2.75, 3.05) is 11.9 Å². The van der Waals surface area contributed by atoms with E-state index in [1.807, 2.05) is 30.3 Å². The van der Waals surface area contributed by atoms with Gasteiger partial charge in [-0.05, 0) is 72.4 Å². The van der Waals surface area contributed by atoms with Gasteiger partial charge in [-0.2, -0.15) is 5.10 Å². The summed E-state index contributed by atoms with van der Waals surface area (Å²) in [4.78, 5) is 14.8. The highest BCUT2D eigenvalue weighted by molar-refractivity contribution is 6.01. The molecule has 0 saturated carbocycles. The van der Waals surface area contributed by atoms with E-state index in [-0.39, 0.29) is 16.9 Å². The highest BCUT2D eigenvalue weighted by Gasteiger charge is 2.33. The monoisotopic (exact) mass is 401 g/mol. The number of benzene rings is 3. The van der Waals surface area contributed by atoms with Crippen molar-refractivity contribution in [1.29, 1.82) is 0 Å². The summed E-state index contributed by atoms with van der Waals surface area (Å²) in [6.45, 7) is 6.78. The number of phenols is 1. The van der Waals surface area contributed by atoms with E-state index in [4.69, 9.17) is 0 Å². The SMILES string of the molecule is CC1CC(C)(C)N(C)c2ccc(/C=N\NC(=O)c3cc4ccccc4cc3O)cc21. The lowest BCUT2D eigenvalue weighted by molar-refractivity contribution is 0.0952. The maximum absolute atomic E-state index is 12.5. The van der Waals surface area contributed by atoms with Gasteiger partial charge in [-0.25, -0.2) is 5.43 Å². The topological polar surface area (TPSA) is 64.9 Å². The number of amides is 1. The van der Waals surface area contributed by atoms with Crippen LogP contribution < -0.4 is 10.3 Å². The van der Waals surface area contributed by atoms with Gasteiger partial charge < -0.3 is 10.0 Å². The molecule has 0 spiro atoms. The van der Waals surface area contributed by atoms with E-state index in [0.717, 1.165) is 22.8 Å². The first kappa shape index (κ1) is 20.0. The first-order chi connectivity index (χ1) is 14.3. The summed E-state index contributed by atoms with van der Waals surface area (Å²) in [6, 6.07) is 17.1. The minimum Gasteiger partial charge on any atom is -0.507 e. The summed E-state index contributed by atoms with van der Waals surface area (Å²) in [5, 5.41) is 16.1. The van der Waals surface area contributed by atoms with Crippen LogP contribution in [0.5, 0.6) is 5.75 Å². The number of rotatable bonds is 3. The Morgan fingerprint density at radius 3 is 2.60 bits per heavy atom. The van der Waals surface area contributed by atoms with Gasteiger partial charge in [0.1, 0.15) is 5.75 Å². The third-order valence-electron chi connectivity index (χ3n) is 6.15. The molecule has 1 unspecified atom stereocenters. The minimum absolute atomic E-state index is 0.0605. The number of phenolic OH excluding ortho intramolecular Hbond substituents is 1. The number of hydrogen-bond acceptors (Lipinski definition) is 4. The molecule has 2 N–H and O–H groups in total. The second kappa shape index (κ2) is 7.48. The predicted molar refractivity (Wildman–Crippen MR) is 123 cm³/mol. The van der Waals surface area contributed by atoms with Crippen molar-refractivity contribution in [3.05, 3.63) is 71.3 Å². The van der Waals surface area contributed by atoms with Crippen LogP contribution in [0.15, 0.2) is 59.7 Å². The minimum atomic E-state index is -0.442. The lowest BCUT2D eigenvalue weighted by Crippen LogP contribution is -2.45. The van der Waals surface area contributed by atoms with Crippen molar-refractivity contribution >= 4 is 28.6 Å². The summed E-state index contributed by atoms with van der Waals surface area (Å²) in [7, 11) is 2.13. The molecule has 3 aromatic carbocycles. The van der Waals surface area contributed by atoms with Crippen LogP contribution in [-0.4, -0.2) is 29.8 Å². The zero-order valence-electron chi connectivity index (χ0n) is 17.8. The highest BCUT2D eigenvalue weighted by atomic mass is 16.3. The van der Waals surface area contributed by atoms with Crippen molar-refractivity contribution in [1.82, 2.24) is 5.43 Å². The molecule has 0 radical (unpaired) electrons. The summed E-state index contributed by atoms with van der Waals surface area (Å²) < 4.78 is 0. The highest BCUT2D eigenvalue weighted by Crippen LogP contribution is 2.42. The van der Waals surface area contributed by atoms with E-state index >= 15 is 0 Å². The maximum Gasteiger partial charge on any atom is 0.275 e. The Kier molecular flexibility index (Phi) is 4.98. The van der Waals surface area contributed by atoms with Gasteiger partial charge in [0.15, 0.2) is 0 Å². The summed E-state index contributed by atoms with van der Waals surface area (Å²) in [6.07, 6.45) is 2.72. The number of nitrogens with one attached hydrogen (secondary N) is 1. The third-order valence-corrected chi connectivity index (χ3v) is 6.15. The molecule has 0 bridgehead atoms. The molecule has 5 nitrogen and oxygen atoms in total. The van der Waals surface area contributed by atoms with Gasteiger partial charge in [-0.3, -0.25) is 4.79 Å². The second-order valence-electron chi connectivity index (χ2n) is 8.71. The molecule has 1 amide bonds. The van der Waals surface area contributed by atoms with Crippen LogP contribution in [0, 0.1) is 0 Å². The number of carbonyl (C=O) groups is 1. The van der Waals surface area contributed by atoms with Crippen molar-refractivity contribution in [3.8, 4) is 5.75 Å². The van der Waals surface area contributed by atoms with Gasteiger partial charge in [0.2, 0.25) is 0 Å². The van der Waals surface area contributed by atoms with E-state index in [9.17, 15) is 9.90 Å². The Morgan fingerprint density at radius 1 is 1.17 bits per heavy atom. The molecule has 4 rings (SSSR count). The summed E-state index contributed by atoms with van der Waals surface area (Å²) in [5.74, 6) is -0.0549. The Labute approximate surface area is 177 Å². The van der Waals surface area contributed by atoms with Crippen molar-refractivity contribution in [2.45, 2.75) is 38.6 Å². The molecule has 0 saturated heterocycles. The zero-order valence-corrected chi connectivity index (χ0v) is 17.8. The Balaban J connectivity index is 1.52. The van der Waals surface area contributed by atoms with Crippen LogP contribution in [0.4, 0.5) is 5.69 Å². The fourth-order valence-electron chi connectivity index (χ4n) is 4.31. The predicted octanol–water partition coefficient (Wildman–Crippen LogP) is 5.03. The van der Waals surface area contributed by atoms with Crippen LogP contribution in [0.25, 0.3) is 10.8 Å². The standard InChI is InChI=1S/C25H27N3O2/c1-16-14-25(2,3)28(4)22-10-9-17(11-20(16)22)15-26-27-24(30)21-12-18-7-5-6-8-19(18)13-23(21)29/h5-13,15-16,29H,14H2,1-4H3,(H,27,30)/b26-15-. The summed E-state index contributed by atoms with van der Waals surface area (Å²) in [5.41, 5.74) is 6.31. The van der Waals surface area contributed by atoms with E-state index in [1.165, 1.54) is 11.3 Å². The fraction of sp³-hybridized carbons (Fsp3) is 0.280. The number of hydrazone groups is 1. The van der Waals surface area contributed by atoms with Crippen LogP contribution >= 0.6 is 0 Å². The number of anilines is 1. The number of nitrogens with zero attached hydrogens (tertiary/aromatic N) is 2. The molecule has 1 aliphatic heterocycles. The number of hydrogen-bond donors (Lipinski definition) is 2. The second-order valence-corrected chi connectivity index (χ2v) is 8.71. The first-order valence-electron chi connectivity index (χ1n) is 10.2. The van der Waals surface area contributed by atoms with E-state index in [2.05, 4.69) is 55.4 Å². The zero-order chi connectivity index (χ0) is 21.5. The van der Waals surface area contributed by atoms with Gasteiger partial charge in [-0.15, -0.1) is 0 Å². The molecule has 1 atom stereocenters. The van der Waals surface area contributed by atoms with Crippen molar-refractivity contribution in [3.63, 3.8) is 0 Å². The lowest BCUT2D eigenvalue weighted by atomic mass is 9.80. The smallest absolute Gasteiger partial charge is 0.275 e. The first-order valence-corrected chi connectivity index (χ1v) is 10.2. The van der Waals surface area contributed by atoms with Crippen molar-refractivity contribution < 1.29 is 9.90 Å². The Morgan fingerprint density at radius 2 is 1.87 bits per heavy atom. The van der Waals surface area contributed by atoms with E-state index < -0.39 is 5.91 Å². The summed E-state index contributed by atoms with van der Waals surface area (Å²) >= 11 is 0. The van der Waals surface area contributed by atoms with Crippen LogP contribution in [-0.2, 0) is 0 Å². The molecule has 0 aliphatic carbocycles. The molecule has 154 valence electrons. The lowest BCUT2D eigenvalue weighted by Gasteiger charge is -2.45. The van der Waals surface area contributed by atoms with Gasteiger partial charge in [0, 0.05) is 18.3 Å². The molecule has 1 heterocycles. The van der Waals surface area contributed by atoms with Crippen molar-refractivity contribution in [2.24, 2.45) is 5.10 Å². The maximum atomic E-state index is 12.5. The Bertz CT molecular complexity index is 1150. The molecular weight excluding hydrogens is 374 g/mol. The fourth-order valence-corrected chi connectivity index (χ4v) is 4.31. The average Bonchev–Trinajstić information content (AvgIpc) is 2.71. The Hall–Kier alpha value is -3.34. The van der Waals surface area contributed by atoms with Gasteiger partial charge >= 0.3 is 0 Å². The molecular formula is C25H27N3O2. The average molecular weight is 402 g/mol. The molecule has 0 fully saturated rings. The largest absolute Gasteiger partial charge is 0.507 e. The van der Waals surface area contributed by atoms with Crippen LogP contribution in [0.2, 0.25) is 0 Å². The molecule has 30 heavy (non-hydrogen) atoms. The third kappa shape index (κ3) is 3.63. The number of aromatic hydroxyl groups is 1. The number of carbonyl (C=O) groups excluding carboxylic acids is 1.